The average Bonchev–Trinajstić information content (AvgIpc) is 2.57. The summed E-state index contributed by atoms with van der Waals surface area (Å²) in [4.78, 5) is 0.235. The van der Waals surface area contributed by atoms with Crippen molar-refractivity contribution >= 4 is 22.6 Å². The first-order valence-corrected chi connectivity index (χ1v) is 8.94. The molecule has 7 heteroatoms. The molecule has 1 aliphatic heterocycles. The van der Waals surface area contributed by atoms with Gasteiger partial charge in [0, 0.05) is 6.54 Å². The fourth-order valence-electron chi connectivity index (χ4n) is 2.32. The van der Waals surface area contributed by atoms with E-state index < -0.39 is 28.3 Å². The summed E-state index contributed by atoms with van der Waals surface area (Å²) >= 11 is 0. The lowest BCUT2D eigenvalue weighted by Gasteiger charge is -2.32. The molecule has 1 aromatic carbocycles. The molecule has 2 rings (SSSR count). The fourth-order valence-corrected chi connectivity index (χ4v) is 3.50. The van der Waals surface area contributed by atoms with Crippen LogP contribution >= 0.6 is 0 Å². The van der Waals surface area contributed by atoms with Crippen LogP contribution < -0.4 is 10.2 Å². The average molecular weight is 325 g/mol. The molecular formula is C15H24BNO4S. The Labute approximate surface area is 133 Å². The molecule has 0 aliphatic carbocycles. The first-order valence-electron chi connectivity index (χ1n) is 7.45. The zero-order chi connectivity index (χ0) is 16.8. The third-order valence-electron chi connectivity index (χ3n) is 4.24. The van der Waals surface area contributed by atoms with Crippen LogP contribution in [0.2, 0.25) is 0 Å². The highest BCUT2D eigenvalue weighted by atomic mass is 32.2. The first kappa shape index (κ1) is 17.5. The summed E-state index contributed by atoms with van der Waals surface area (Å²) in [6.45, 7) is 11.8. The van der Waals surface area contributed by atoms with E-state index in [0.717, 1.165) is 11.0 Å². The molecule has 0 saturated carbocycles. The molecule has 0 unspecified atom stereocenters. The molecule has 5 nitrogen and oxygen atoms in total. The van der Waals surface area contributed by atoms with Gasteiger partial charge in [0.05, 0.1) is 16.1 Å². The topological polar surface area (TPSA) is 64.6 Å². The van der Waals surface area contributed by atoms with Crippen LogP contribution in [0.1, 0.15) is 40.2 Å². The van der Waals surface area contributed by atoms with Crippen molar-refractivity contribution in [3.8, 4) is 0 Å². The normalized spacial score (nSPS) is 20.4. The number of benzene rings is 1. The number of rotatable bonds is 4. The summed E-state index contributed by atoms with van der Waals surface area (Å²) in [6.07, 6.45) is 0. The van der Waals surface area contributed by atoms with Crippen molar-refractivity contribution in [3.63, 3.8) is 0 Å². The van der Waals surface area contributed by atoms with Gasteiger partial charge in [0.2, 0.25) is 10.0 Å². The largest absolute Gasteiger partial charge is 0.494 e. The molecule has 0 bridgehead atoms. The molecule has 0 atom stereocenters. The quantitative estimate of drug-likeness (QED) is 0.854. The number of sulfonamides is 1. The monoisotopic (exact) mass is 325 g/mol. The molecule has 1 aliphatic rings. The number of hydrogen-bond donors (Lipinski definition) is 1. The summed E-state index contributed by atoms with van der Waals surface area (Å²) < 4.78 is 38.9. The molecule has 22 heavy (non-hydrogen) atoms. The van der Waals surface area contributed by atoms with Crippen molar-refractivity contribution in [1.29, 1.82) is 0 Å². The second-order valence-electron chi connectivity index (χ2n) is 6.67. The Morgan fingerprint density at radius 3 is 2.14 bits per heavy atom. The van der Waals surface area contributed by atoms with E-state index in [0.29, 0.717) is 6.54 Å². The molecule has 1 N–H and O–H groups in total. The molecule has 0 spiro atoms. The van der Waals surface area contributed by atoms with Crippen molar-refractivity contribution in [3.05, 3.63) is 23.8 Å². The lowest BCUT2D eigenvalue weighted by molar-refractivity contribution is 0.00578. The van der Waals surface area contributed by atoms with Crippen molar-refractivity contribution in [1.82, 2.24) is 4.72 Å². The molecule has 1 fully saturated rings. The minimum absolute atomic E-state index is 0.235. The summed E-state index contributed by atoms with van der Waals surface area (Å²) in [7, 11) is -4.07. The minimum atomic E-state index is -3.50. The lowest BCUT2D eigenvalue weighted by Crippen LogP contribution is -2.41. The first-order chi connectivity index (χ1) is 9.98. The summed E-state index contributed by atoms with van der Waals surface area (Å²) in [5, 5.41) is 0. The zero-order valence-corrected chi connectivity index (χ0v) is 14.9. The Bertz CT molecular complexity index is 654. The van der Waals surface area contributed by atoms with Gasteiger partial charge in [-0.2, -0.15) is 0 Å². The maximum Gasteiger partial charge on any atom is 0.494 e. The highest BCUT2D eigenvalue weighted by Crippen LogP contribution is 2.36. The standard InChI is InChI=1S/C15H24BNO4S/c1-7-17-22(18,19)13-9-11(2)8-12(10-13)16-20-14(3,4)15(5,6)21-16/h8-10,17H,7H2,1-6H3. The second kappa shape index (κ2) is 5.63. The highest BCUT2D eigenvalue weighted by Gasteiger charge is 2.51. The van der Waals surface area contributed by atoms with Crippen LogP contribution in [0, 0.1) is 6.92 Å². The van der Waals surface area contributed by atoms with Crippen molar-refractivity contribution < 1.29 is 17.7 Å². The molecule has 0 radical (unpaired) electrons. The van der Waals surface area contributed by atoms with Crippen LogP contribution in [0.3, 0.4) is 0 Å². The fraction of sp³-hybridized carbons (Fsp3) is 0.600. The third-order valence-corrected chi connectivity index (χ3v) is 5.77. The van der Waals surface area contributed by atoms with Gasteiger partial charge in [0.1, 0.15) is 0 Å². The molecule has 122 valence electrons. The highest BCUT2D eigenvalue weighted by molar-refractivity contribution is 7.89. The number of nitrogens with one attached hydrogen (secondary N) is 1. The van der Waals surface area contributed by atoms with Gasteiger partial charge in [-0.3, -0.25) is 0 Å². The van der Waals surface area contributed by atoms with Crippen molar-refractivity contribution in [2.45, 2.75) is 57.6 Å². The maximum absolute atomic E-state index is 12.2. The van der Waals surface area contributed by atoms with Crippen molar-refractivity contribution in [2.24, 2.45) is 0 Å². The van der Waals surface area contributed by atoms with Gasteiger partial charge < -0.3 is 9.31 Å². The predicted molar refractivity (Wildman–Crippen MR) is 87.8 cm³/mol. The van der Waals surface area contributed by atoms with Crippen LogP contribution in [0.15, 0.2) is 23.1 Å². The van der Waals surface area contributed by atoms with E-state index in [1.54, 1.807) is 19.1 Å². The number of aryl methyl sites for hydroxylation is 1. The van der Waals surface area contributed by atoms with E-state index in [1.165, 1.54) is 0 Å². The molecule has 1 heterocycles. The Hall–Kier alpha value is -0.885. The van der Waals surface area contributed by atoms with Gasteiger partial charge in [0.15, 0.2) is 0 Å². The third kappa shape index (κ3) is 3.22. The molecule has 1 aromatic rings. The Kier molecular flexibility index (Phi) is 4.47. The predicted octanol–water partition coefficient (Wildman–Crippen LogP) is 1.59. The SMILES string of the molecule is CCNS(=O)(=O)c1cc(C)cc(B2OC(C)(C)C(C)(C)O2)c1. The van der Waals surface area contributed by atoms with E-state index >= 15 is 0 Å². The maximum atomic E-state index is 12.2. The van der Waals surface area contributed by atoms with Crippen molar-refractivity contribution in [2.75, 3.05) is 6.54 Å². The van der Waals surface area contributed by atoms with E-state index in [1.807, 2.05) is 40.7 Å². The van der Waals surface area contributed by atoms with Crippen LogP contribution in [0.5, 0.6) is 0 Å². The van der Waals surface area contributed by atoms with Gasteiger partial charge in [-0.15, -0.1) is 0 Å². The molecular weight excluding hydrogens is 301 g/mol. The Morgan fingerprint density at radius 2 is 1.64 bits per heavy atom. The summed E-state index contributed by atoms with van der Waals surface area (Å²) in [5.74, 6) is 0. The van der Waals surface area contributed by atoms with Crippen LogP contribution in [-0.4, -0.2) is 33.3 Å². The number of hydrogen-bond acceptors (Lipinski definition) is 4. The Morgan fingerprint density at radius 1 is 1.09 bits per heavy atom. The lowest BCUT2D eigenvalue weighted by atomic mass is 9.78. The van der Waals surface area contributed by atoms with E-state index in [4.69, 9.17) is 9.31 Å². The van der Waals surface area contributed by atoms with E-state index in [-0.39, 0.29) is 4.90 Å². The van der Waals surface area contributed by atoms with Gasteiger partial charge in [0.25, 0.3) is 0 Å². The van der Waals surface area contributed by atoms with Gasteiger partial charge in [-0.1, -0.05) is 18.6 Å². The van der Waals surface area contributed by atoms with Crippen LogP contribution in [0.4, 0.5) is 0 Å². The van der Waals surface area contributed by atoms with Gasteiger partial charge in [-0.05, 0) is 52.2 Å². The summed E-state index contributed by atoms with van der Waals surface area (Å²) in [6, 6.07) is 5.16. The molecule has 1 saturated heterocycles. The Balaban J connectivity index is 2.41. The van der Waals surface area contributed by atoms with E-state index in [9.17, 15) is 8.42 Å². The second-order valence-corrected chi connectivity index (χ2v) is 8.44. The van der Waals surface area contributed by atoms with Gasteiger partial charge in [-0.25, -0.2) is 13.1 Å². The molecule has 0 aromatic heterocycles. The smallest absolute Gasteiger partial charge is 0.399 e. The molecule has 0 amide bonds. The minimum Gasteiger partial charge on any atom is -0.399 e. The van der Waals surface area contributed by atoms with Crippen LogP contribution in [-0.2, 0) is 19.3 Å². The summed E-state index contributed by atoms with van der Waals surface area (Å²) in [5.41, 5.74) is 0.656. The zero-order valence-electron chi connectivity index (χ0n) is 14.1. The van der Waals surface area contributed by atoms with Crippen LogP contribution in [0.25, 0.3) is 0 Å². The van der Waals surface area contributed by atoms with E-state index in [2.05, 4.69) is 4.72 Å². The van der Waals surface area contributed by atoms with Gasteiger partial charge >= 0.3 is 7.12 Å².